The molecule has 2 heterocycles. The van der Waals surface area contributed by atoms with Gasteiger partial charge in [0.1, 0.15) is 17.6 Å². The van der Waals surface area contributed by atoms with Crippen molar-refractivity contribution in [2.24, 2.45) is 0 Å². The Morgan fingerprint density at radius 2 is 2.05 bits per heavy atom. The van der Waals surface area contributed by atoms with Gasteiger partial charge in [0.15, 0.2) is 5.06 Å². The maximum atomic E-state index is 10.3. The molecule has 0 radical (unpaired) electrons. The summed E-state index contributed by atoms with van der Waals surface area (Å²) >= 11 is 7.10. The minimum Gasteiger partial charge on any atom is -0.395 e. The molecule has 5 atom stereocenters. The van der Waals surface area contributed by atoms with Crippen molar-refractivity contribution in [1.82, 2.24) is 0 Å². The lowest BCUT2D eigenvalue weighted by atomic mass is 10.0. The number of halogens is 1. The summed E-state index contributed by atoms with van der Waals surface area (Å²) < 4.78 is 0. The fraction of sp³-hybridized carbons (Fsp3) is 0.571. The predicted molar refractivity (Wildman–Crippen MR) is 82.6 cm³/mol. The zero-order valence-corrected chi connectivity index (χ0v) is 12.8. The van der Waals surface area contributed by atoms with Crippen molar-refractivity contribution in [3.63, 3.8) is 0 Å². The maximum Gasteiger partial charge on any atom is 0.181 e. The molecule has 5 nitrogen and oxygen atoms in total. The predicted octanol–water partition coefficient (Wildman–Crippen LogP) is 0.132. The Hall–Kier alpha value is -0.500. The van der Waals surface area contributed by atoms with E-state index >= 15 is 0 Å². The van der Waals surface area contributed by atoms with Crippen LogP contribution in [0.5, 0.6) is 0 Å². The highest BCUT2D eigenvalue weighted by molar-refractivity contribution is 8.00. The van der Waals surface area contributed by atoms with Crippen LogP contribution in [-0.4, -0.2) is 61.5 Å². The van der Waals surface area contributed by atoms with Crippen LogP contribution in [0.3, 0.4) is 0 Å². The van der Waals surface area contributed by atoms with E-state index < -0.39 is 27.9 Å². The second-order valence-corrected chi connectivity index (χ2v) is 7.36. The Kier molecular flexibility index (Phi) is 4.11. The number of anilines is 1. The molecular formula is C14H18ClNO4S. The number of aliphatic hydroxyl groups excluding tert-OH is 3. The van der Waals surface area contributed by atoms with E-state index in [1.807, 2.05) is 29.2 Å². The van der Waals surface area contributed by atoms with Crippen molar-refractivity contribution >= 4 is 29.1 Å². The highest BCUT2D eigenvalue weighted by atomic mass is 35.5. The first kappa shape index (κ1) is 15.4. The largest absolute Gasteiger partial charge is 0.395 e. The summed E-state index contributed by atoms with van der Waals surface area (Å²) in [6.45, 7) is 0.347. The van der Waals surface area contributed by atoms with Crippen LogP contribution in [0.15, 0.2) is 24.3 Å². The fourth-order valence-corrected chi connectivity index (χ4v) is 4.77. The number of hydrogen-bond acceptors (Lipinski definition) is 6. The Labute approximate surface area is 132 Å². The first-order valence-electron chi connectivity index (χ1n) is 6.85. The second kappa shape index (κ2) is 5.61. The third-order valence-corrected chi connectivity index (χ3v) is 6.45. The number of alkyl halides is 1. The lowest BCUT2D eigenvalue weighted by Gasteiger charge is -2.47. The molecule has 4 N–H and O–H groups in total. The van der Waals surface area contributed by atoms with Gasteiger partial charge in [0.25, 0.3) is 0 Å². The number of para-hydroxylation sites is 1. The molecule has 0 aromatic heterocycles. The second-order valence-electron chi connectivity index (χ2n) is 5.43. The summed E-state index contributed by atoms with van der Waals surface area (Å²) in [4.78, 5) is 2.00. The lowest BCUT2D eigenvalue weighted by Crippen LogP contribution is -2.63. The lowest BCUT2D eigenvalue weighted by molar-refractivity contribution is -0.0918. The van der Waals surface area contributed by atoms with Crippen molar-refractivity contribution in [3.05, 3.63) is 29.8 Å². The van der Waals surface area contributed by atoms with Crippen molar-refractivity contribution in [2.75, 3.05) is 18.1 Å². The minimum absolute atomic E-state index is 0.375. The monoisotopic (exact) mass is 331 g/mol. The molecule has 0 unspecified atom stereocenters. The molecule has 1 saturated heterocycles. The number of aliphatic hydroxyl groups is 4. The molecule has 116 valence electrons. The van der Waals surface area contributed by atoms with E-state index in [4.69, 9.17) is 11.6 Å². The molecule has 0 aliphatic carbocycles. The molecule has 0 spiro atoms. The third-order valence-electron chi connectivity index (χ3n) is 4.18. The van der Waals surface area contributed by atoms with Crippen molar-refractivity contribution in [2.45, 2.75) is 34.3 Å². The number of hydrogen-bond donors (Lipinski definition) is 4. The first-order valence-corrected chi connectivity index (χ1v) is 8.17. The van der Waals surface area contributed by atoms with E-state index in [0.717, 1.165) is 18.7 Å². The van der Waals surface area contributed by atoms with Gasteiger partial charge in [-0.25, -0.2) is 0 Å². The van der Waals surface area contributed by atoms with Crippen LogP contribution in [-0.2, 0) is 6.42 Å². The van der Waals surface area contributed by atoms with Crippen LogP contribution >= 0.6 is 23.4 Å². The topological polar surface area (TPSA) is 84.2 Å². The van der Waals surface area contributed by atoms with Crippen molar-refractivity contribution in [1.29, 1.82) is 0 Å². The van der Waals surface area contributed by atoms with Gasteiger partial charge >= 0.3 is 0 Å². The van der Waals surface area contributed by atoms with Crippen LogP contribution in [0, 0.1) is 0 Å². The highest BCUT2D eigenvalue weighted by Gasteiger charge is 2.54. The summed E-state index contributed by atoms with van der Waals surface area (Å²) in [5.41, 5.74) is 2.20. The first-order chi connectivity index (χ1) is 9.96. The Morgan fingerprint density at radius 3 is 2.76 bits per heavy atom. The molecule has 3 rings (SSSR count). The molecule has 1 fully saturated rings. The Morgan fingerprint density at radius 1 is 1.33 bits per heavy atom. The van der Waals surface area contributed by atoms with Gasteiger partial charge in [-0.3, -0.25) is 0 Å². The van der Waals surface area contributed by atoms with Gasteiger partial charge in [-0.05, 0) is 18.1 Å². The maximum absolute atomic E-state index is 10.3. The smallest absolute Gasteiger partial charge is 0.181 e. The molecule has 0 saturated carbocycles. The van der Waals surface area contributed by atoms with Crippen LogP contribution in [0.1, 0.15) is 5.56 Å². The summed E-state index contributed by atoms with van der Waals surface area (Å²) in [5.74, 6) is 0. The SMILES string of the molecule is OC[C@H]1S[C@@H](N2CCc3ccccc32)[C@H](O)[C@@H](O)[C@@]1(O)Cl. The molecule has 2 aliphatic heterocycles. The normalized spacial score (nSPS) is 39.4. The number of benzene rings is 1. The number of nitrogens with zero attached hydrogens (tertiary/aromatic N) is 1. The molecule has 1 aromatic rings. The average Bonchev–Trinajstić information content (AvgIpc) is 2.89. The van der Waals surface area contributed by atoms with E-state index in [0.29, 0.717) is 0 Å². The van der Waals surface area contributed by atoms with Crippen LogP contribution in [0.25, 0.3) is 0 Å². The van der Waals surface area contributed by atoms with Gasteiger partial charge in [-0.1, -0.05) is 29.8 Å². The summed E-state index contributed by atoms with van der Waals surface area (Å²) in [6, 6.07) is 7.90. The third kappa shape index (κ3) is 2.44. The number of fused-ring (bicyclic) bond motifs is 1. The molecular weight excluding hydrogens is 314 g/mol. The van der Waals surface area contributed by atoms with Crippen LogP contribution in [0.2, 0.25) is 0 Å². The van der Waals surface area contributed by atoms with E-state index in [-0.39, 0.29) is 6.61 Å². The summed E-state index contributed by atoms with van der Waals surface area (Å²) in [6.07, 6.45) is -1.85. The minimum atomic E-state index is -2.03. The number of thioether (sulfide) groups is 1. The standard InChI is InChI=1S/C14H18ClNO4S/c15-14(20)10(7-17)21-13(11(18)12(14)19)16-6-5-8-3-1-2-4-9(8)16/h1-4,10-13,17-20H,5-7H2/t10-,11-,12-,13-,14-/m1/s1. The quantitative estimate of drug-likeness (QED) is 0.577. The van der Waals surface area contributed by atoms with Gasteiger partial charge in [0.2, 0.25) is 0 Å². The Bertz CT molecular complexity index is 525. The molecule has 1 aromatic carbocycles. The Balaban J connectivity index is 1.90. The van der Waals surface area contributed by atoms with Crippen molar-refractivity contribution < 1.29 is 20.4 Å². The van der Waals surface area contributed by atoms with E-state index in [1.54, 1.807) is 0 Å². The fourth-order valence-electron chi connectivity index (χ4n) is 2.99. The summed E-state index contributed by atoms with van der Waals surface area (Å²) in [7, 11) is 0. The van der Waals surface area contributed by atoms with E-state index in [2.05, 4.69) is 0 Å². The van der Waals surface area contributed by atoms with Crippen molar-refractivity contribution in [3.8, 4) is 0 Å². The molecule has 2 aliphatic rings. The van der Waals surface area contributed by atoms with E-state index in [1.165, 1.54) is 17.3 Å². The highest BCUT2D eigenvalue weighted by Crippen LogP contribution is 2.45. The van der Waals surface area contributed by atoms with Gasteiger partial charge in [0, 0.05) is 12.2 Å². The molecule has 7 heteroatoms. The molecule has 0 amide bonds. The van der Waals surface area contributed by atoms with Crippen LogP contribution in [0.4, 0.5) is 5.69 Å². The number of rotatable bonds is 2. The molecule has 21 heavy (non-hydrogen) atoms. The zero-order chi connectivity index (χ0) is 15.2. The van der Waals surface area contributed by atoms with Gasteiger partial charge < -0.3 is 25.3 Å². The van der Waals surface area contributed by atoms with Crippen LogP contribution < -0.4 is 4.90 Å². The van der Waals surface area contributed by atoms with Gasteiger partial charge in [-0.15, -0.1) is 11.8 Å². The van der Waals surface area contributed by atoms with Gasteiger partial charge in [0.05, 0.1) is 11.9 Å². The zero-order valence-electron chi connectivity index (χ0n) is 11.3. The summed E-state index contributed by atoms with van der Waals surface area (Å²) in [5, 5.41) is 36.7. The molecule has 0 bridgehead atoms. The average molecular weight is 332 g/mol. The van der Waals surface area contributed by atoms with Gasteiger partial charge in [-0.2, -0.15) is 0 Å². The van der Waals surface area contributed by atoms with E-state index in [9.17, 15) is 20.4 Å².